The second-order valence-electron chi connectivity index (χ2n) is 6.23. The number of carbonyl (C=O) groups excluding carboxylic acids is 1. The lowest BCUT2D eigenvalue weighted by Gasteiger charge is -2.34. The van der Waals surface area contributed by atoms with Crippen LogP contribution in [0.4, 0.5) is 13.2 Å². The molecular formula is C19H21F3N2O4S. The second kappa shape index (κ2) is 8.93. The molecule has 158 valence electrons. The molecule has 1 atom stereocenters. The van der Waals surface area contributed by atoms with Gasteiger partial charge >= 0.3 is 12.1 Å². The lowest BCUT2D eigenvalue weighted by Crippen LogP contribution is -2.72. The van der Waals surface area contributed by atoms with E-state index in [2.05, 4.69) is 4.74 Å². The quantitative estimate of drug-likeness (QED) is 0.497. The molecule has 10 heteroatoms. The van der Waals surface area contributed by atoms with Gasteiger partial charge < -0.3 is 4.74 Å². The maximum atomic E-state index is 14.1. The smallest absolute Gasteiger partial charge is 0.432 e. The van der Waals surface area contributed by atoms with Gasteiger partial charge in [0.15, 0.2) is 0 Å². The summed E-state index contributed by atoms with van der Waals surface area (Å²) in [5.41, 5.74) is -2.53. The van der Waals surface area contributed by atoms with Gasteiger partial charge in [-0.1, -0.05) is 48.0 Å². The van der Waals surface area contributed by atoms with Crippen molar-refractivity contribution in [1.82, 2.24) is 10.0 Å². The largest absolute Gasteiger partial charge is 0.463 e. The Hall–Kier alpha value is -2.43. The lowest BCUT2D eigenvalue weighted by atomic mass is 10.1. The van der Waals surface area contributed by atoms with Crippen LogP contribution in [-0.2, 0) is 26.1 Å². The number of hydrogen-bond donors (Lipinski definition) is 2. The monoisotopic (exact) mass is 430 g/mol. The molecule has 2 rings (SSSR count). The van der Waals surface area contributed by atoms with Gasteiger partial charge in [-0.2, -0.15) is 17.9 Å². The van der Waals surface area contributed by atoms with Gasteiger partial charge in [-0.05, 0) is 31.5 Å². The summed E-state index contributed by atoms with van der Waals surface area (Å²) in [6.07, 6.45) is -5.33. The highest BCUT2D eigenvalue weighted by Gasteiger charge is 2.64. The zero-order valence-corrected chi connectivity index (χ0v) is 16.6. The minimum absolute atomic E-state index is 0.365. The molecule has 0 aromatic heterocycles. The number of hydrogen-bond acceptors (Lipinski definition) is 5. The minimum Gasteiger partial charge on any atom is -0.463 e. The Bertz CT molecular complexity index is 932. The van der Waals surface area contributed by atoms with Crippen LogP contribution in [0.2, 0.25) is 0 Å². The first kappa shape index (κ1) is 22.9. The maximum Gasteiger partial charge on any atom is 0.432 e. The lowest BCUT2D eigenvalue weighted by molar-refractivity contribution is -0.217. The fourth-order valence-electron chi connectivity index (χ4n) is 2.47. The third kappa shape index (κ3) is 5.34. The average Bonchev–Trinajstić information content (AvgIpc) is 2.65. The van der Waals surface area contributed by atoms with Crippen LogP contribution in [0.15, 0.2) is 59.5 Å². The number of ether oxygens (including phenoxy) is 1. The number of nitrogens with one attached hydrogen (secondary N) is 2. The number of carbonyl (C=O) groups is 1. The van der Waals surface area contributed by atoms with Crippen molar-refractivity contribution in [3.05, 3.63) is 65.7 Å². The van der Waals surface area contributed by atoms with Crippen LogP contribution >= 0.6 is 0 Å². The number of sulfonamides is 1. The van der Waals surface area contributed by atoms with Crippen molar-refractivity contribution in [3.8, 4) is 0 Å². The molecule has 2 aromatic rings. The molecule has 0 radical (unpaired) electrons. The van der Waals surface area contributed by atoms with E-state index >= 15 is 0 Å². The molecule has 2 aromatic carbocycles. The zero-order chi connectivity index (χ0) is 21.7. The van der Waals surface area contributed by atoms with Crippen LogP contribution in [0, 0.1) is 6.92 Å². The molecule has 0 aliphatic carbocycles. The number of benzene rings is 2. The van der Waals surface area contributed by atoms with Crippen molar-refractivity contribution in [3.63, 3.8) is 0 Å². The Kier molecular flexibility index (Phi) is 7.04. The van der Waals surface area contributed by atoms with E-state index in [0.717, 1.165) is 17.7 Å². The predicted octanol–water partition coefficient (Wildman–Crippen LogP) is 2.88. The Morgan fingerprint density at radius 2 is 1.62 bits per heavy atom. The molecule has 0 saturated heterocycles. The van der Waals surface area contributed by atoms with Gasteiger partial charge in [-0.3, -0.25) is 5.32 Å². The molecule has 0 saturated carbocycles. The summed E-state index contributed by atoms with van der Waals surface area (Å²) in [7, 11) is -4.72. The summed E-state index contributed by atoms with van der Waals surface area (Å²) in [6.45, 7) is 2.22. The maximum absolute atomic E-state index is 14.1. The van der Waals surface area contributed by atoms with Crippen molar-refractivity contribution in [2.45, 2.75) is 37.1 Å². The van der Waals surface area contributed by atoms with Crippen LogP contribution in [0.25, 0.3) is 0 Å². The number of aryl methyl sites for hydroxylation is 1. The molecule has 29 heavy (non-hydrogen) atoms. The third-order valence-electron chi connectivity index (χ3n) is 4.03. The Morgan fingerprint density at radius 1 is 1.03 bits per heavy atom. The van der Waals surface area contributed by atoms with Crippen LogP contribution in [0.5, 0.6) is 0 Å². The third-order valence-corrected chi connectivity index (χ3v) is 5.49. The van der Waals surface area contributed by atoms with E-state index < -0.39 is 39.3 Å². The second-order valence-corrected chi connectivity index (χ2v) is 7.91. The standard InChI is InChI=1S/C19H21F3N2O4S/c1-3-28-17(25)18(19(20,21)22,23-13-15-7-5-4-6-8-15)24-29(26,27)16-11-9-14(2)10-12-16/h4-12,23-24H,3,13H2,1-2H3/t18-/m1/s1. The SMILES string of the molecule is CCOC(=O)[C@@](NCc1ccccc1)(NS(=O)(=O)c1ccc(C)cc1)C(F)(F)F. The highest BCUT2D eigenvalue weighted by molar-refractivity contribution is 7.89. The Morgan fingerprint density at radius 3 is 2.14 bits per heavy atom. The van der Waals surface area contributed by atoms with E-state index in [-0.39, 0.29) is 6.61 Å². The van der Waals surface area contributed by atoms with Crippen molar-refractivity contribution in [2.24, 2.45) is 0 Å². The number of esters is 1. The fourth-order valence-corrected chi connectivity index (χ4v) is 3.76. The molecule has 0 amide bonds. The van der Waals surface area contributed by atoms with E-state index in [1.807, 2.05) is 5.32 Å². The predicted molar refractivity (Wildman–Crippen MR) is 100 cm³/mol. The molecule has 0 unspecified atom stereocenters. The first-order valence-corrected chi connectivity index (χ1v) is 10.1. The zero-order valence-electron chi connectivity index (χ0n) is 15.8. The molecular weight excluding hydrogens is 409 g/mol. The van der Waals surface area contributed by atoms with E-state index in [1.54, 1.807) is 25.1 Å². The van der Waals surface area contributed by atoms with Gasteiger partial charge in [-0.25, -0.2) is 13.2 Å². The summed E-state index contributed by atoms with van der Waals surface area (Å²) in [5, 5.41) is 2.02. The van der Waals surface area contributed by atoms with Crippen LogP contribution in [0.1, 0.15) is 18.1 Å². The number of alkyl halides is 3. The van der Waals surface area contributed by atoms with E-state index in [1.165, 1.54) is 35.9 Å². The minimum atomic E-state index is -5.33. The first-order valence-electron chi connectivity index (χ1n) is 8.65. The molecule has 0 spiro atoms. The average molecular weight is 430 g/mol. The van der Waals surface area contributed by atoms with Crippen molar-refractivity contribution >= 4 is 16.0 Å². The molecule has 0 bridgehead atoms. The van der Waals surface area contributed by atoms with Gasteiger partial charge in [0.1, 0.15) is 0 Å². The molecule has 0 fully saturated rings. The highest BCUT2D eigenvalue weighted by Crippen LogP contribution is 2.32. The van der Waals surface area contributed by atoms with Gasteiger partial charge in [0.25, 0.3) is 5.66 Å². The fraction of sp³-hybridized carbons (Fsp3) is 0.316. The van der Waals surface area contributed by atoms with Crippen LogP contribution in [-0.4, -0.2) is 32.8 Å². The Labute approximate surface area is 167 Å². The van der Waals surface area contributed by atoms with Gasteiger partial charge in [0, 0.05) is 6.54 Å². The molecule has 6 nitrogen and oxygen atoms in total. The van der Waals surface area contributed by atoms with Crippen LogP contribution < -0.4 is 10.0 Å². The molecule has 0 aliphatic rings. The van der Waals surface area contributed by atoms with Gasteiger partial charge in [0.2, 0.25) is 10.0 Å². The van der Waals surface area contributed by atoms with E-state index in [9.17, 15) is 26.4 Å². The normalized spacial score (nSPS) is 14.2. The summed E-state index contributed by atoms with van der Waals surface area (Å²) in [5.74, 6) is -1.79. The van der Waals surface area contributed by atoms with E-state index in [4.69, 9.17) is 0 Å². The molecule has 0 heterocycles. The summed E-state index contributed by atoms with van der Waals surface area (Å²) in [6, 6.07) is 13.1. The summed E-state index contributed by atoms with van der Waals surface area (Å²) < 4.78 is 73.6. The molecule has 2 N–H and O–H groups in total. The summed E-state index contributed by atoms with van der Waals surface area (Å²) >= 11 is 0. The summed E-state index contributed by atoms with van der Waals surface area (Å²) in [4.78, 5) is 12.0. The van der Waals surface area contributed by atoms with Gasteiger partial charge in [-0.15, -0.1) is 0 Å². The number of rotatable bonds is 8. The van der Waals surface area contributed by atoms with Crippen molar-refractivity contribution < 1.29 is 31.1 Å². The topological polar surface area (TPSA) is 84.5 Å². The van der Waals surface area contributed by atoms with E-state index in [0.29, 0.717) is 5.56 Å². The number of halogens is 3. The van der Waals surface area contributed by atoms with Crippen molar-refractivity contribution in [1.29, 1.82) is 0 Å². The van der Waals surface area contributed by atoms with Crippen molar-refractivity contribution in [2.75, 3.05) is 6.61 Å². The van der Waals surface area contributed by atoms with Crippen LogP contribution in [0.3, 0.4) is 0 Å². The first-order chi connectivity index (χ1) is 13.5. The Balaban J connectivity index is 2.48. The molecule has 0 aliphatic heterocycles. The van der Waals surface area contributed by atoms with Gasteiger partial charge in [0.05, 0.1) is 11.5 Å². The highest BCUT2D eigenvalue weighted by atomic mass is 32.2.